The molecular weight excluding hydrogens is 194 g/mol. The fourth-order valence-corrected chi connectivity index (χ4v) is 4.15. The first-order chi connectivity index (χ1) is 7.15. The summed E-state index contributed by atoms with van der Waals surface area (Å²) in [5.41, 5.74) is -0.690. The standard InChI is InChI=1S/C10H13N3O2/c11-12-9(14)10-7-3-1-2-6(4-5-7)8(10)13(10,12)15/h4-8H,1-3,11H2/t6?,7?,8-,10-,13?/m0/s1. The predicted octanol–water partition coefficient (Wildman–Crippen LogP) is 0.0390. The maximum atomic E-state index is 12.4. The van der Waals surface area contributed by atoms with Crippen molar-refractivity contribution in [3.05, 3.63) is 17.4 Å². The van der Waals surface area contributed by atoms with Crippen molar-refractivity contribution in [1.29, 1.82) is 0 Å². The normalized spacial score (nSPS) is 59.5. The molecule has 2 heterocycles. The number of carbonyl (C=O) groups excluding carboxylic acids is 1. The van der Waals surface area contributed by atoms with Crippen molar-refractivity contribution >= 4 is 5.91 Å². The molecule has 0 aromatic carbocycles. The Balaban J connectivity index is 1.90. The highest BCUT2D eigenvalue weighted by Crippen LogP contribution is 2.70. The van der Waals surface area contributed by atoms with E-state index >= 15 is 0 Å². The Morgan fingerprint density at radius 3 is 3.13 bits per heavy atom. The molecule has 2 saturated heterocycles. The number of fused-ring (bicyclic) bond motifs is 2. The zero-order chi connectivity index (χ0) is 10.4. The van der Waals surface area contributed by atoms with Crippen LogP contribution in [0.3, 0.4) is 0 Å². The van der Waals surface area contributed by atoms with Crippen molar-refractivity contribution in [1.82, 2.24) is 5.12 Å². The first-order valence-electron chi connectivity index (χ1n) is 5.53. The van der Waals surface area contributed by atoms with Crippen molar-refractivity contribution in [2.45, 2.75) is 30.8 Å². The first-order valence-corrected chi connectivity index (χ1v) is 5.53. The van der Waals surface area contributed by atoms with E-state index in [-0.39, 0.29) is 23.8 Å². The van der Waals surface area contributed by atoms with Crippen molar-refractivity contribution in [3.8, 4) is 0 Å². The van der Waals surface area contributed by atoms with Crippen molar-refractivity contribution in [2.24, 2.45) is 17.7 Å². The zero-order valence-corrected chi connectivity index (χ0v) is 8.30. The van der Waals surface area contributed by atoms with E-state index < -0.39 is 10.3 Å². The number of hydrogen-bond acceptors (Lipinski definition) is 3. The molecule has 2 N–H and O–H groups in total. The lowest BCUT2D eigenvalue weighted by Crippen LogP contribution is -2.71. The van der Waals surface area contributed by atoms with Gasteiger partial charge in [0.1, 0.15) is 0 Å². The summed E-state index contributed by atoms with van der Waals surface area (Å²) in [5.74, 6) is 5.77. The van der Waals surface area contributed by atoms with Crippen LogP contribution in [-0.2, 0) is 4.79 Å². The van der Waals surface area contributed by atoms with Gasteiger partial charge in [0.2, 0.25) is 0 Å². The highest BCUT2D eigenvalue weighted by atomic mass is 16.7. The van der Waals surface area contributed by atoms with E-state index in [4.69, 9.17) is 5.84 Å². The van der Waals surface area contributed by atoms with Gasteiger partial charge in [-0.1, -0.05) is 18.6 Å². The average Bonchev–Trinajstić information content (AvgIpc) is 2.89. The number of quaternary nitrogens is 1. The quantitative estimate of drug-likeness (QED) is 0.152. The van der Waals surface area contributed by atoms with Crippen LogP contribution in [0.5, 0.6) is 0 Å². The predicted molar refractivity (Wildman–Crippen MR) is 51.2 cm³/mol. The molecule has 3 fully saturated rings. The molecule has 2 bridgehead atoms. The van der Waals surface area contributed by atoms with Gasteiger partial charge in [-0.15, -0.1) is 5.12 Å². The summed E-state index contributed by atoms with van der Waals surface area (Å²) in [7, 11) is 0. The number of hydroxylamine groups is 2. The molecule has 80 valence electrons. The molecule has 5 rings (SSSR count). The molecule has 0 aromatic heterocycles. The van der Waals surface area contributed by atoms with Crippen LogP contribution in [0.4, 0.5) is 0 Å². The smallest absolute Gasteiger partial charge is 0.356 e. The van der Waals surface area contributed by atoms with Gasteiger partial charge in [0.05, 0.1) is 5.92 Å². The highest BCUT2D eigenvalue weighted by molar-refractivity contribution is 5.93. The minimum absolute atomic E-state index is 0.104. The number of rotatable bonds is 0. The molecule has 5 heteroatoms. The summed E-state index contributed by atoms with van der Waals surface area (Å²) in [6, 6.07) is -0.104. The largest absolute Gasteiger partial charge is 0.604 e. The highest BCUT2D eigenvalue weighted by Gasteiger charge is 2.96. The molecule has 0 radical (unpaired) electrons. The second-order valence-electron chi connectivity index (χ2n) is 5.13. The lowest BCUT2D eigenvalue weighted by Gasteiger charge is -2.45. The van der Waals surface area contributed by atoms with Gasteiger partial charge in [0.25, 0.3) is 5.54 Å². The van der Waals surface area contributed by atoms with Crippen LogP contribution in [0, 0.1) is 17.0 Å². The van der Waals surface area contributed by atoms with Gasteiger partial charge in [0, 0.05) is 5.92 Å². The molecule has 5 nitrogen and oxygen atoms in total. The van der Waals surface area contributed by atoms with E-state index in [1.807, 2.05) is 0 Å². The van der Waals surface area contributed by atoms with Crippen molar-refractivity contribution in [3.63, 3.8) is 0 Å². The van der Waals surface area contributed by atoms with Crippen LogP contribution >= 0.6 is 0 Å². The van der Waals surface area contributed by atoms with Crippen molar-refractivity contribution < 1.29 is 9.55 Å². The number of nitrogens with two attached hydrogens (primary N) is 1. The van der Waals surface area contributed by atoms with Gasteiger partial charge >= 0.3 is 5.91 Å². The minimum atomic E-state index is -0.690. The molecule has 3 unspecified atom stereocenters. The molecule has 1 saturated carbocycles. The van der Waals surface area contributed by atoms with Crippen LogP contribution in [-0.4, -0.2) is 27.4 Å². The Kier molecular flexibility index (Phi) is 1.09. The Morgan fingerprint density at radius 1 is 1.53 bits per heavy atom. The van der Waals surface area contributed by atoms with Gasteiger partial charge in [0.15, 0.2) is 6.04 Å². The third-order valence-electron chi connectivity index (χ3n) is 4.78. The fourth-order valence-electron chi connectivity index (χ4n) is 4.15. The van der Waals surface area contributed by atoms with Crippen molar-refractivity contribution in [2.75, 3.05) is 0 Å². The molecule has 5 aliphatic rings. The number of nitrogens with zero attached hydrogens (tertiary/aromatic N) is 2. The summed E-state index contributed by atoms with van der Waals surface area (Å²) < 4.78 is -0.561. The molecule has 1 amide bonds. The molecule has 0 aromatic rings. The monoisotopic (exact) mass is 207 g/mol. The molecule has 15 heavy (non-hydrogen) atoms. The summed E-state index contributed by atoms with van der Waals surface area (Å²) >= 11 is 0. The van der Waals surface area contributed by atoms with Crippen LogP contribution in [0.2, 0.25) is 0 Å². The summed E-state index contributed by atoms with van der Waals surface area (Å²) in [6.45, 7) is 0. The van der Waals surface area contributed by atoms with E-state index in [0.717, 1.165) is 24.4 Å². The van der Waals surface area contributed by atoms with E-state index in [0.29, 0.717) is 0 Å². The lowest BCUT2D eigenvalue weighted by atomic mass is 9.79. The Morgan fingerprint density at radius 2 is 2.33 bits per heavy atom. The van der Waals surface area contributed by atoms with Crippen LogP contribution in [0.1, 0.15) is 19.3 Å². The topological polar surface area (TPSA) is 69.4 Å². The maximum Gasteiger partial charge on any atom is 0.356 e. The summed E-state index contributed by atoms with van der Waals surface area (Å²) in [4.78, 5) is 11.9. The SMILES string of the molecule is NN1C(=O)[C@]23C4C=CC(CCC4)[C@@H]2[N+]13[O-]. The van der Waals surface area contributed by atoms with Gasteiger partial charge in [-0.2, -0.15) is 5.84 Å². The molecule has 1 spiro atoms. The fraction of sp³-hybridized carbons (Fsp3) is 0.700. The number of hydrazine groups is 1. The third-order valence-corrected chi connectivity index (χ3v) is 4.78. The van der Waals surface area contributed by atoms with Crippen LogP contribution < -0.4 is 5.84 Å². The van der Waals surface area contributed by atoms with E-state index in [1.54, 1.807) is 0 Å². The van der Waals surface area contributed by atoms with Gasteiger partial charge in [-0.3, -0.25) is 4.79 Å². The zero-order valence-electron chi connectivity index (χ0n) is 8.30. The molecular formula is C10H13N3O2. The Bertz CT molecular complexity index is 409. The average molecular weight is 207 g/mol. The second-order valence-corrected chi connectivity index (χ2v) is 5.13. The van der Waals surface area contributed by atoms with Crippen LogP contribution in [0.15, 0.2) is 12.2 Å². The second kappa shape index (κ2) is 1.98. The number of hydrogen-bond donors (Lipinski definition) is 1. The van der Waals surface area contributed by atoms with Gasteiger partial charge in [-0.25, -0.2) is 4.76 Å². The summed E-state index contributed by atoms with van der Waals surface area (Å²) in [6.07, 6.45) is 7.33. The molecule has 5 atom stereocenters. The van der Waals surface area contributed by atoms with E-state index in [1.165, 1.54) is 0 Å². The maximum absolute atomic E-state index is 12.4. The van der Waals surface area contributed by atoms with Gasteiger partial charge < -0.3 is 5.21 Å². The number of amides is 1. The third kappa shape index (κ3) is 0.530. The van der Waals surface area contributed by atoms with Crippen LogP contribution in [0.25, 0.3) is 0 Å². The summed E-state index contributed by atoms with van der Waals surface area (Å²) in [5, 5.41) is 13.3. The Labute approximate surface area is 87.2 Å². The molecule has 3 aliphatic carbocycles. The van der Waals surface area contributed by atoms with Gasteiger partial charge in [-0.05, 0) is 12.8 Å². The first kappa shape index (κ1) is 8.27. The van der Waals surface area contributed by atoms with E-state index in [2.05, 4.69) is 12.2 Å². The minimum Gasteiger partial charge on any atom is -0.604 e. The number of carbonyl (C=O) groups is 1. The Hall–Kier alpha value is -0.910. The van der Waals surface area contributed by atoms with E-state index in [9.17, 15) is 10.0 Å². The molecule has 2 aliphatic heterocycles. The lowest BCUT2D eigenvalue weighted by molar-refractivity contribution is -0.930.